The van der Waals surface area contributed by atoms with Gasteiger partial charge in [-0.3, -0.25) is 4.79 Å². The summed E-state index contributed by atoms with van der Waals surface area (Å²) in [6.07, 6.45) is 3.65. The van der Waals surface area contributed by atoms with Crippen LogP contribution in [0.2, 0.25) is 0 Å². The lowest BCUT2D eigenvalue weighted by Gasteiger charge is -2.68. The Kier molecular flexibility index (Phi) is 3.61. The maximum atomic E-state index is 12.8. The minimum atomic E-state index is -0.451. The molecule has 1 aliphatic heterocycles. The topological polar surface area (TPSA) is 43.7 Å². The van der Waals surface area contributed by atoms with E-state index in [9.17, 15) is 4.79 Å². The van der Waals surface area contributed by atoms with Gasteiger partial charge in [-0.15, -0.1) is 0 Å². The number of carbonyl (C=O) groups excluding carboxylic acids is 1. The van der Waals surface area contributed by atoms with Crippen LogP contribution in [0, 0.1) is 11.3 Å². The number of carbonyl (C=O) groups is 1. The molecule has 1 aromatic rings. The number of aryl methyl sites for hydroxylation is 1. The smallest absolute Gasteiger partial charge is 0.270 e. The van der Waals surface area contributed by atoms with Gasteiger partial charge in [-0.25, -0.2) is 0 Å². The first-order valence-electron chi connectivity index (χ1n) is 7.91. The van der Waals surface area contributed by atoms with Crippen molar-refractivity contribution >= 4 is 5.91 Å². The van der Waals surface area contributed by atoms with Gasteiger partial charge in [0, 0.05) is 58.3 Å². The highest BCUT2D eigenvalue weighted by atomic mass is 16.7. The highest BCUT2D eigenvalue weighted by molar-refractivity contribution is 5.93. The molecule has 5 nitrogen and oxygen atoms in total. The normalized spacial score (nSPS) is 25.2. The summed E-state index contributed by atoms with van der Waals surface area (Å²) < 4.78 is 13.0. The van der Waals surface area contributed by atoms with Crippen LogP contribution in [0.25, 0.3) is 0 Å². The van der Waals surface area contributed by atoms with Crippen molar-refractivity contribution in [1.29, 1.82) is 0 Å². The molecule has 1 aromatic heterocycles. The minimum Gasteiger partial charge on any atom is -0.353 e. The molecule has 0 unspecified atom stereocenters. The van der Waals surface area contributed by atoms with E-state index >= 15 is 0 Å². The molecule has 3 rings (SSSR count). The first kappa shape index (κ1) is 15.6. The summed E-state index contributed by atoms with van der Waals surface area (Å²) in [5.41, 5.74) is 0.908. The van der Waals surface area contributed by atoms with Gasteiger partial charge in [-0.1, -0.05) is 13.8 Å². The molecule has 1 saturated carbocycles. The monoisotopic (exact) mass is 306 g/mol. The largest absolute Gasteiger partial charge is 0.353 e. The van der Waals surface area contributed by atoms with E-state index in [0.717, 1.165) is 25.1 Å². The Balaban J connectivity index is 1.77. The van der Waals surface area contributed by atoms with Crippen LogP contribution >= 0.6 is 0 Å². The van der Waals surface area contributed by atoms with E-state index < -0.39 is 5.79 Å². The molecule has 2 fully saturated rings. The number of hydrogen-bond donors (Lipinski definition) is 0. The molecular weight excluding hydrogens is 280 g/mol. The van der Waals surface area contributed by atoms with E-state index in [1.54, 1.807) is 14.2 Å². The Morgan fingerprint density at radius 1 is 1.32 bits per heavy atom. The zero-order valence-corrected chi connectivity index (χ0v) is 14.1. The van der Waals surface area contributed by atoms with Gasteiger partial charge in [0.2, 0.25) is 0 Å². The highest BCUT2D eigenvalue weighted by Crippen LogP contribution is 2.61. The molecule has 1 saturated heterocycles. The molecular formula is C17H26N2O3. The van der Waals surface area contributed by atoms with E-state index in [4.69, 9.17) is 9.47 Å². The predicted molar refractivity (Wildman–Crippen MR) is 83.5 cm³/mol. The van der Waals surface area contributed by atoms with Crippen molar-refractivity contribution in [2.45, 2.75) is 38.5 Å². The van der Waals surface area contributed by atoms with Crippen LogP contribution in [0.15, 0.2) is 18.3 Å². The Bertz CT molecular complexity index is 566. The van der Waals surface area contributed by atoms with Gasteiger partial charge >= 0.3 is 0 Å². The van der Waals surface area contributed by atoms with Crippen LogP contribution < -0.4 is 0 Å². The van der Waals surface area contributed by atoms with E-state index in [-0.39, 0.29) is 17.4 Å². The second-order valence-electron chi connectivity index (χ2n) is 7.16. The van der Waals surface area contributed by atoms with Gasteiger partial charge in [-0.05, 0) is 18.1 Å². The average Bonchev–Trinajstić information content (AvgIpc) is 2.82. The summed E-state index contributed by atoms with van der Waals surface area (Å²) in [5, 5.41) is 0. The molecule has 122 valence electrons. The first-order chi connectivity index (χ1) is 10.4. The van der Waals surface area contributed by atoms with E-state index in [1.807, 2.05) is 34.8 Å². The molecule has 0 radical (unpaired) electrons. The van der Waals surface area contributed by atoms with Gasteiger partial charge in [0.1, 0.15) is 5.69 Å². The number of methoxy groups -OCH3 is 2. The van der Waals surface area contributed by atoms with Crippen molar-refractivity contribution in [3.63, 3.8) is 0 Å². The lowest BCUT2D eigenvalue weighted by molar-refractivity contribution is -0.332. The SMILES string of the molecule is COC1(OC)CC2(CN(C(=O)c3cccn3C)[C@H]2C(C)C)C1. The molecule has 1 aliphatic carbocycles. The van der Waals surface area contributed by atoms with E-state index in [2.05, 4.69) is 13.8 Å². The molecule has 5 heteroatoms. The van der Waals surface area contributed by atoms with E-state index in [0.29, 0.717) is 5.92 Å². The quantitative estimate of drug-likeness (QED) is 0.802. The van der Waals surface area contributed by atoms with Crippen LogP contribution in [0.5, 0.6) is 0 Å². The molecule has 22 heavy (non-hydrogen) atoms. The van der Waals surface area contributed by atoms with Crippen molar-refractivity contribution in [2.75, 3.05) is 20.8 Å². The molecule has 0 N–H and O–H groups in total. The maximum absolute atomic E-state index is 12.8. The molecule has 0 aromatic carbocycles. The Morgan fingerprint density at radius 2 is 1.95 bits per heavy atom. The minimum absolute atomic E-state index is 0.129. The molecule has 2 heterocycles. The maximum Gasteiger partial charge on any atom is 0.270 e. The third-order valence-electron chi connectivity index (χ3n) is 5.49. The highest BCUT2D eigenvalue weighted by Gasteiger charge is 2.67. The number of rotatable bonds is 4. The average molecular weight is 306 g/mol. The molecule has 2 aliphatic rings. The van der Waals surface area contributed by atoms with Crippen molar-refractivity contribution in [3.8, 4) is 0 Å². The molecule has 1 spiro atoms. The lowest BCUT2D eigenvalue weighted by atomic mass is 9.52. The fourth-order valence-corrected chi connectivity index (χ4v) is 4.56. The van der Waals surface area contributed by atoms with E-state index in [1.165, 1.54) is 0 Å². The third kappa shape index (κ3) is 2.02. The second-order valence-corrected chi connectivity index (χ2v) is 7.16. The number of likely N-dealkylation sites (tertiary alicyclic amines) is 1. The summed E-state index contributed by atoms with van der Waals surface area (Å²) >= 11 is 0. The van der Waals surface area contributed by atoms with Crippen molar-refractivity contribution < 1.29 is 14.3 Å². The van der Waals surface area contributed by atoms with Gasteiger partial charge in [0.15, 0.2) is 5.79 Å². The summed E-state index contributed by atoms with van der Waals surface area (Å²) in [4.78, 5) is 14.8. The number of amides is 1. The van der Waals surface area contributed by atoms with Crippen LogP contribution in [0.1, 0.15) is 37.2 Å². The summed E-state index contributed by atoms with van der Waals surface area (Å²) in [6.45, 7) is 5.18. The zero-order valence-electron chi connectivity index (χ0n) is 14.1. The van der Waals surface area contributed by atoms with Crippen LogP contribution in [-0.4, -0.2) is 48.0 Å². The Morgan fingerprint density at radius 3 is 2.41 bits per heavy atom. The second kappa shape index (κ2) is 5.10. The predicted octanol–water partition coefficient (Wildman–Crippen LogP) is 2.27. The first-order valence-corrected chi connectivity index (χ1v) is 7.91. The van der Waals surface area contributed by atoms with Crippen molar-refractivity contribution in [2.24, 2.45) is 18.4 Å². The van der Waals surface area contributed by atoms with Crippen LogP contribution in [-0.2, 0) is 16.5 Å². The Labute approximate surface area is 132 Å². The molecule has 1 atom stereocenters. The van der Waals surface area contributed by atoms with Crippen molar-refractivity contribution in [1.82, 2.24) is 9.47 Å². The summed E-state index contributed by atoms with van der Waals surface area (Å²) in [5.74, 6) is 0.0987. The summed E-state index contributed by atoms with van der Waals surface area (Å²) in [7, 11) is 5.32. The number of ether oxygens (including phenoxy) is 2. The van der Waals surface area contributed by atoms with Gasteiger partial charge < -0.3 is 18.9 Å². The standard InChI is InChI=1S/C17H26N2O3/c1-12(2)14-16(9-17(10-16,21-4)22-5)11-19(14)15(20)13-7-6-8-18(13)3/h6-8,12,14H,9-11H2,1-5H3/t14-/m0/s1. The van der Waals surface area contributed by atoms with Gasteiger partial charge in [0.05, 0.1) is 0 Å². The third-order valence-corrected chi connectivity index (χ3v) is 5.49. The fraction of sp³-hybridized carbons (Fsp3) is 0.706. The summed E-state index contributed by atoms with van der Waals surface area (Å²) in [6, 6.07) is 4.06. The van der Waals surface area contributed by atoms with Crippen LogP contribution in [0.4, 0.5) is 0 Å². The van der Waals surface area contributed by atoms with Crippen LogP contribution in [0.3, 0.4) is 0 Å². The number of nitrogens with zero attached hydrogens (tertiary/aromatic N) is 2. The lowest BCUT2D eigenvalue weighted by Crippen LogP contribution is -2.76. The molecule has 1 amide bonds. The number of hydrogen-bond acceptors (Lipinski definition) is 3. The van der Waals surface area contributed by atoms with Gasteiger partial charge in [0.25, 0.3) is 5.91 Å². The zero-order chi connectivity index (χ0) is 16.1. The number of aromatic nitrogens is 1. The van der Waals surface area contributed by atoms with Gasteiger partial charge in [-0.2, -0.15) is 0 Å². The molecule has 0 bridgehead atoms. The van der Waals surface area contributed by atoms with Crippen molar-refractivity contribution in [3.05, 3.63) is 24.0 Å². The Hall–Kier alpha value is -1.33. The fourth-order valence-electron chi connectivity index (χ4n) is 4.56.